The molecule has 4 nitrogen and oxygen atoms in total. The van der Waals surface area contributed by atoms with Crippen LogP contribution in [0.25, 0.3) is 0 Å². The zero-order valence-electron chi connectivity index (χ0n) is 12.9. The molecule has 0 fully saturated rings. The highest BCUT2D eigenvalue weighted by molar-refractivity contribution is 5.00. The molecule has 0 aromatic carbocycles. The Bertz CT molecular complexity index is 389. The van der Waals surface area contributed by atoms with Crippen LogP contribution in [-0.4, -0.2) is 26.5 Å². The van der Waals surface area contributed by atoms with E-state index >= 15 is 0 Å². The first-order valence-electron chi connectivity index (χ1n) is 8.37. The van der Waals surface area contributed by atoms with Gasteiger partial charge in [0.1, 0.15) is 11.6 Å². The smallest absolute Gasteiger partial charge is 0.133 e. The third-order valence-corrected chi connectivity index (χ3v) is 4.38. The zero-order valence-corrected chi connectivity index (χ0v) is 12.9. The molecule has 20 heavy (non-hydrogen) atoms. The first-order valence-corrected chi connectivity index (χ1v) is 8.37. The van der Waals surface area contributed by atoms with Gasteiger partial charge >= 0.3 is 0 Å². The van der Waals surface area contributed by atoms with E-state index in [-0.39, 0.29) is 6.61 Å². The molecule has 0 saturated carbocycles. The van der Waals surface area contributed by atoms with Crippen molar-refractivity contribution in [3.8, 4) is 0 Å². The average Bonchev–Trinajstić information content (AvgIpc) is 2.88. The van der Waals surface area contributed by atoms with Crippen molar-refractivity contribution in [1.82, 2.24) is 14.8 Å². The maximum atomic E-state index is 9.31. The van der Waals surface area contributed by atoms with Crippen LogP contribution in [0, 0.1) is 5.92 Å². The van der Waals surface area contributed by atoms with E-state index in [2.05, 4.69) is 21.7 Å². The quantitative estimate of drug-likeness (QED) is 0.707. The molecule has 0 bridgehead atoms. The number of aryl methyl sites for hydroxylation is 2. The Morgan fingerprint density at radius 1 is 1.10 bits per heavy atom. The molecule has 0 aliphatic carbocycles. The van der Waals surface area contributed by atoms with Crippen molar-refractivity contribution >= 4 is 0 Å². The molecule has 114 valence electrons. The Hall–Kier alpha value is -0.900. The van der Waals surface area contributed by atoms with Gasteiger partial charge in [-0.2, -0.15) is 0 Å². The average molecular weight is 279 g/mol. The SMILES string of the molecule is CCCCCCCCCc1nnc2n1CC(CO)CC2. The van der Waals surface area contributed by atoms with E-state index in [1.807, 2.05) is 0 Å². The molecule has 1 aromatic rings. The summed E-state index contributed by atoms with van der Waals surface area (Å²) < 4.78 is 2.25. The summed E-state index contributed by atoms with van der Waals surface area (Å²) in [7, 11) is 0. The predicted molar refractivity (Wildman–Crippen MR) is 80.6 cm³/mol. The van der Waals surface area contributed by atoms with E-state index in [9.17, 15) is 5.11 Å². The summed E-state index contributed by atoms with van der Waals surface area (Å²) in [5.74, 6) is 2.64. The van der Waals surface area contributed by atoms with Crippen molar-refractivity contribution < 1.29 is 5.11 Å². The third kappa shape index (κ3) is 4.30. The van der Waals surface area contributed by atoms with E-state index in [1.165, 1.54) is 44.9 Å². The second kappa shape index (κ2) is 8.40. The van der Waals surface area contributed by atoms with E-state index < -0.39 is 0 Å². The lowest BCUT2D eigenvalue weighted by Gasteiger charge is -2.22. The lowest BCUT2D eigenvalue weighted by Crippen LogP contribution is -2.24. The molecule has 1 aliphatic heterocycles. The van der Waals surface area contributed by atoms with Crippen molar-refractivity contribution in [3.63, 3.8) is 0 Å². The minimum absolute atomic E-state index is 0.286. The summed E-state index contributed by atoms with van der Waals surface area (Å²) in [5.41, 5.74) is 0. The Labute approximate surface area is 122 Å². The number of unbranched alkanes of at least 4 members (excludes halogenated alkanes) is 6. The Morgan fingerprint density at radius 2 is 1.85 bits per heavy atom. The van der Waals surface area contributed by atoms with Gasteiger partial charge in [-0.05, 0) is 12.8 Å². The molecular weight excluding hydrogens is 250 g/mol. The fourth-order valence-electron chi connectivity index (χ4n) is 3.02. The van der Waals surface area contributed by atoms with Gasteiger partial charge in [0.2, 0.25) is 0 Å². The molecule has 1 aliphatic rings. The molecular formula is C16H29N3O. The number of aliphatic hydroxyl groups excluding tert-OH is 1. The number of aliphatic hydroxyl groups is 1. The molecule has 0 amide bonds. The van der Waals surface area contributed by atoms with Crippen LogP contribution in [0.5, 0.6) is 0 Å². The first kappa shape index (κ1) is 15.5. The topological polar surface area (TPSA) is 50.9 Å². The van der Waals surface area contributed by atoms with E-state index in [0.29, 0.717) is 5.92 Å². The second-order valence-electron chi connectivity index (χ2n) is 6.10. The summed E-state index contributed by atoms with van der Waals surface area (Å²) in [6.07, 6.45) is 12.4. The molecule has 1 aromatic heterocycles. The monoisotopic (exact) mass is 279 g/mol. The van der Waals surface area contributed by atoms with Gasteiger partial charge in [0.25, 0.3) is 0 Å². The van der Waals surface area contributed by atoms with Crippen molar-refractivity contribution in [2.45, 2.75) is 77.7 Å². The van der Waals surface area contributed by atoms with Crippen LogP contribution < -0.4 is 0 Å². The van der Waals surface area contributed by atoms with Crippen LogP contribution >= 0.6 is 0 Å². The standard InChI is InChI=1S/C16H29N3O/c1-2-3-4-5-6-7-8-9-15-17-18-16-11-10-14(13-20)12-19(15)16/h14,20H,2-13H2,1H3. The summed E-state index contributed by atoms with van der Waals surface area (Å²) in [4.78, 5) is 0. The minimum atomic E-state index is 0.286. The highest BCUT2D eigenvalue weighted by Crippen LogP contribution is 2.20. The lowest BCUT2D eigenvalue weighted by atomic mass is 10.00. The van der Waals surface area contributed by atoms with E-state index in [1.54, 1.807) is 0 Å². The van der Waals surface area contributed by atoms with Crippen molar-refractivity contribution in [2.24, 2.45) is 5.92 Å². The number of fused-ring (bicyclic) bond motifs is 1. The van der Waals surface area contributed by atoms with Gasteiger partial charge in [0.05, 0.1) is 0 Å². The number of hydrogen-bond donors (Lipinski definition) is 1. The Kier molecular flexibility index (Phi) is 6.51. The largest absolute Gasteiger partial charge is 0.396 e. The van der Waals surface area contributed by atoms with Crippen LogP contribution in [-0.2, 0) is 19.4 Å². The second-order valence-corrected chi connectivity index (χ2v) is 6.10. The van der Waals surface area contributed by atoms with Gasteiger partial charge in [-0.25, -0.2) is 0 Å². The van der Waals surface area contributed by atoms with Gasteiger partial charge in [-0.15, -0.1) is 10.2 Å². The molecule has 0 saturated heterocycles. The van der Waals surface area contributed by atoms with Crippen molar-refractivity contribution in [1.29, 1.82) is 0 Å². The number of nitrogens with zero attached hydrogens (tertiary/aromatic N) is 3. The van der Waals surface area contributed by atoms with Crippen LogP contribution in [0.2, 0.25) is 0 Å². The fraction of sp³-hybridized carbons (Fsp3) is 0.875. The van der Waals surface area contributed by atoms with Crippen LogP contribution in [0.3, 0.4) is 0 Å². The lowest BCUT2D eigenvalue weighted by molar-refractivity contribution is 0.189. The highest BCUT2D eigenvalue weighted by Gasteiger charge is 2.21. The summed E-state index contributed by atoms with van der Waals surface area (Å²) in [6, 6.07) is 0. The fourth-order valence-corrected chi connectivity index (χ4v) is 3.02. The number of rotatable bonds is 9. The van der Waals surface area contributed by atoms with Crippen molar-refractivity contribution in [3.05, 3.63) is 11.6 Å². The zero-order chi connectivity index (χ0) is 14.2. The molecule has 2 heterocycles. The van der Waals surface area contributed by atoms with E-state index in [0.717, 1.165) is 37.5 Å². The normalized spacial score (nSPS) is 18.2. The molecule has 0 radical (unpaired) electrons. The molecule has 2 rings (SSSR count). The summed E-state index contributed by atoms with van der Waals surface area (Å²) in [6.45, 7) is 3.45. The Balaban J connectivity index is 1.70. The van der Waals surface area contributed by atoms with Crippen LogP contribution in [0.15, 0.2) is 0 Å². The maximum absolute atomic E-state index is 9.31. The Morgan fingerprint density at radius 3 is 2.60 bits per heavy atom. The summed E-state index contributed by atoms with van der Waals surface area (Å²) >= 11 is 0. The van der Waals surface area contributed by atoms with Gasteiger partial charge in [-0.1, -0.05) is 45.4 Å². The molecule has 0 spiro atoms. The van der Waals surface area contributed by atoms with Gasteiger partial charge < -0.3 is 9.67 Å². The van der Waals surface area contributed by atoms with Crippen LogP contribution in [0.1, 0.15) is 69.9 Å². The molecule has 1 N–H and O–H groups in total. The molecule has 1 unspecified atom stereocenters. The van der Waals surface area contributed by atoms with Crippen molar-refractivity contribution in [2.75, 3.05) is 6.61 Å². The summed E-state index contributed by atoms with van der Waals surface area (Å²) in [5, 5.41) is 17.9. The number of hydrogen-bond acceptors (Lipinski definition) is 3. The van der Waals surface area contributed by atoms with Gasteiger partial charge in [-0.3, -0.25) is 0 Å². The maximum Gasteiger partial charge on any atom is 0.133 e. The predicted octanol–water partition coefficient (Wildman–Crippen LogP) is 3.13. The molecule has 1 atom stereocenters. The van der Waals surface area contributed by atoms with E-state index in [4.69, 9.17) is 0 Å². The number of aromatic nitrogens is 3. The van der Waals surface area contributed by atoms with Crippen LogP contribution in [0.4, 0.5) is 0 Å². The molecule has 4 heteroatoms. The first-order chi connectivity index (χ1) is 9.85. The highest BCUT2D eigenvalue weighted by atomic mass is 16.3. The minimum Gasteiger partial charge on any atom is -0.396 e. The van der Waals surface area contributed by atoms with Gasteiger partial charge in [0.15, 0.2) is 0 Å². The van der Waals surface area contributed by atoms with Gasteiger partial charge in [0, 0.05) is 31.9 Å². The third-order valence-electron chi connectivity index (χ3n) is 4.38.